The van der Waals surface area contributed by atoms with Gasteiger partial charge in [0.25, 0.3) is 0 Å². The minimum absolute atomic E-state index is 0.0397. The van der Waals surface area contributed by atoms with E-state index in [0.717, 1.165) is 0 Å². The van der Waals surface area contributed by atoms with Gasteiger partial charge in [0, 0.05) is 6.54 Å². The Hall–Kier alpha value is 0.460. The molecule has 0 radical (unpaired) electrons. The number of hydrogen-bond acceptors (Lipinski definition) is 3. The van der Waals surface area contributed by atoms with Crippen molar-refractivity contribution in [3.63, 3.8) is 0 Å². The fourth-order valence-corrected chi connectivity index (χ4v) is 1.73. The standard InChI is InChI=1S/C5H14NO3PS/c6-4-5(2-1-3-11)10(7,8)9/h5,11H,1-4,6H2,(H2,7,8,9). The van der Waals surface area contributed by atoms with Crippen molar-refractivity contribution in [3.05, 3.63) is 0 Å². The van der Waals surface area contributed by atoms with Gasteiger partial charge in [-0.2, -0.15) is 12.6 Å². The molecule has 0 aliphatic heterocycles. The molecule has 0 aromatic carbocycles. The van der Waals surface area contributed by atoms with Gasteiger partial charge in [-0.3, -0.25) is 4.57 Å². The fourth-order valence-electron chi connectivity index (χ4n) is 0.750. The zero-order valence-electron chi connectivity index (χ0n) is 6.18. The summed E-state index contributed by atoms with van der Waals surface area (Å²) in [5, 5.41) is 0. The maximum Gasteiger partial charge on any atom is 0.329 e. The van der Waals surface area contributed by atoms with Gasteiger partial charge in [0.05, 0.1) is 5.66 Å². The summed E-state index contributed by atoms with van der Waals surface area (Å²) in [6.45, 7) is 0.0397. The topological polar surface area (TPSA) is 83.6 Å². The highest BCUT2D eigenvalue weighted by atomic mass is 32.1. The highest BCUT2D eigenvalue weighted by molar-refractivity contribution is 7.80. The van der Waals surface area contributed by atoms with Gasteiger partial charge in [0.1, 0.15) is 0 Å². The van der Waals surface area contributed by atoms with Gasteiger partial charge < -0.3 is 15.5 Å². The Balaban J connectivity index is 3.86. The van der Waals surface area contributed by atoms with Crippen molar-refractivity contribution in [1.82, 2.24) is 0 Å². The van der Waals surface area contributed by atoms with E-state index in [1.165, 1.54) is 0 Å². The van der Waals surface area contributed by atoms with Crippen LogP contribution in [-0.4, -0.2) is 27.7 Å². The molecule has 0 amide bonds. The summed E-state index contributed by atoms with van der Waals surface area (Å²) in [5.41, 5.74) is 4.50. The molecular formula is C5H14NO3PS. The first-order chi connectivity index (χ1) is 5.02. The normalized spacial score (nSPS) is 14.9. The molecule has 1 unspecified atom stereocenters. The van der Waals surface area contributed by atoms with Crippen LogP contribution in [0.4, 0.5) is 0 Å². The molecule has 0 heterocycles. The average Bonchev–Trinajstić information content (AvgIpc) is 1.87. The van der Waals surface area contributed by atoms with E-state index in [1.807, 2.05) is 0 Å². The second kappa shape index (κ2) is 5.17. The zero-order chi connectivity index (χ0) is 8.91. The highest BCUT2D eigenvalue weighted by Crippen LogP contribution is 2.42. The molecule has 1 atom stereocenters. The minimum atomic E-state index is -3.96. The van der Waals surface area contributed by atoms with E-state index >= 15 is 0 Å². The SMILES string of the molecule is NCC(CCCS)P(=O)(O)O. The summed E-state index contributed by atoms with van der Waals surface area (Å²) >= 11 is 3.94. The quantitative estimate of drug-likeness (QED) is 0.376. The van der Waals surface area contributed by atoms with Crippen molar-refractivity contribution in [2.75, 3.05) is 12.3 Å². The largest absolute Gasteiger partial charge is 0.330 e. The molecule has 0 fully saturated rings. The third kappa shape index (κ3) is 4.82. The fraction of sp³-hybridized carbons (Fsp3) is 1.00. The van der Waals surface area contributed by atoms with Gasteiger partial charge >= 0.3 is 7.60 Å². The van der Waals surface area contributed by atoms with Crippen LogP contribution in [0, 0.1) is 0 Å². The van der Waals surface area contributed by atoms with E-state index in [9.17, 15) is 4.57 Å². The Morgan fingerprint density at radius 2 is 2.09 bits per heavy atom. The smallest absolute Gasteiger partial charge is 0.329 e. The van der Waals surface area contributed by atoms with Gasteiger partial charge in [-0.25, -0.2) is 0 Å². The summed E-state index contributed by atoms with van der Waals surface area (Å²) in [6.07, 6.45) is 1.14. The first-order valence-corrected chi connectivity index (χ1v) is 5.70. The van der Waals surface area contributed by atoms with Crippen molar-refractivity contribution in [1.29, 1.82) is 0 Å². The number of hydrogen-bond donors (Lipinski definition) is 4. The molecule has 4 nitrogen and oxygen atoms in total. The van der Waals surface area contributed by atoms with Crippen molar-refractivity contribution in [2.24, 2.45) is 5.73 Å². The summed E-state index contributed by atoms with van der Waals surface area (Å²) < 4.78 is 10.7. The van der Waals surface area contributed by atoms with Gasteiger partial charge in [0.2, 0.25) is 0 Å². The lowest BCUT2D eigenvalue weighted by Crippen LogP contribution is -2.20. The molecule has 0 aromatic heterocycles. The number of rotatable bonds is 5. The molecular weight excluding hydrogens is 185 g/mol. The van der Waals surface area contributed by atoms with Crippen LogP contribution in [-0.2, 0) is 4.57 Å². The monoisotopic (exact) mass is 199 g/mol. The Kier molecular flexibility index (Phi) is 5.38. The van der Waals surface area contributed by atoms with E-state index in [4.69, 9.17) is 15.5 Å². The van der Waals surface area contributed by atoms with Crippen LogP contribution < -0.4 is 5.73 Å². The first kappa shape index (κ1) is 11.5. The Morgan fingerprint density at radius 3 is 2.36 bits per heavy atom. The first-order valence-electron chi connectivity index (χ1n) is 3.38. The molecule has 6 heteroatoms. The van der Waals surface area contributed by atoms with E-state index < -0.39 is 13.3 Å². The van der Waals surface area contributed by atoms with Crippen LogP contribution in [0.1, 0.15) is 12.8 Å². The van der Waals surface area contributed by atoms with Crippen molar-refractivity contribution >= 4 is 20.2 Å². The van der Waals surface area contributed by atoms with Crippen LogP contribution in [0.15, 0.2) is 0 Å². The maximum atomic E-state index is 10.7. The van der Waals surface area contributed by atoms with Gasteiger partial charge in [-0.05, 0) is 18.6 Å². The number of thiol groups is 1. The van der Waals surface area contributed by atoms with Gasteiger partial charge in [-0.15, -0.1) is 0 Å². The van der Waals surface area contributed by atoms with Gasteiger partial charge in [-0.1, -0.05) is 0 Å². The lowest BCUT2D eigenvalue weighted by Gasteiger charge is -2.14. The van der Waals surface area contributed by atoms with Gasteiger partial charge in [0.15, 0.2) is 0 Å². The molecule has 68 valence electrons. The van der Waals surface area contributed by atoms with Crippen LogP contribution in [0.5, 0.6) is 0 Å². The zero-order valence-corrected chi connectivity index (χ0v) is 7.97. The Bertz CT molecular complexity index is 149. The molecule has 0 aliphatic rings. The molecule has 0 spiro atoms. The van der Waals surface area contributed by atoms with Crippen LogP contribution in [0.2, 0.25) is 0 Å². The Morgan fingerprint density at radius 1 is 1.55 bits per heavy atom. The molecule has 0 saturated heterocycles. The molecule has 0 aliphatic carbocycles. The summed E-state index contributed by atoms with van der Waals surface area (Å²) in [6, 6.07) is 0. The second-order valence-corrected chi connectivity index (χ2v) is 4.70. The van der Waals surface area contributed by atoms with Crippen LogP contribution in [0.3, 0.4) is 0 Å². The van der Waals surface area contributed by atoms with E-state index in [-0.39, 0.29) is 6.54 Å². The third-order valence-electron chi connectivity index (χ3n) is 1.44. The van der Waals surface area contributed by atoms with E-state index in [1.54, 1.807) is 0 Å². The number of nitrogens with two attached hydrogens (primary N) is 1. The predicted molar refractivity (Wildman–Crippen MR) is 48.0 cm³/mol. The maximum absolute atomic E-state index is 10.7. The highest BCUT2D eigenvalue weighted by Gasteiger charge is 2.26. The van der Waals surface area contributed by atoms with Crippen LogP contribution >= 0.6 is 20.2 Å². The lowest BCUT2D eigenvalue weighted by molar-refractivity contribution is 0.354. The molecule has 11 heavy (non-hydrogen) atoms. The summed E-state index contributed by atoms with van der Waals surface area (Å²) in [4.78, 5) is 17.4. The minimum Gasteiger partial charge on any atom is -0.330 e. The molecule has 0 rings (SSSR count). The predicted octanol–water partition coefficient (Wildman–Crippen LogP) is 0.201. The summed E-state index contributed by atoms with van der Waals surface area (Å²) in [7, 11) is -3.96. The van der Waals surface area contributed by atoms with Crippen LogP contribution in [0.25, 0.3) is 0 Å². The molecule has 4 N–H and O–H groups in total. The average molecular weight is 199 g/mol. The van der Waals surface area contributed by atoms with Crippen molar-refractivity contribution in [2.45, 2.75) is 18.5 Å². The Labute approximate surface area is 71.7 Å². The molecule has 0 aromatic rings. The lowest BCUT2D eigenvalue weighted by atomic mass is 10.2. The van der Waals surface area contributed by atoms with E-state index in [2.05, 4.69) is 12.6 Å². The molecule has 0 saturated carbocycles. The van der Waals surface area contributed by atoms with Crippen molar-refractivity contribution < 1.29 is 14.4 Å². The van der Waals surface area contributed by atoms with Crippen molar-refractivity contribution in [3.8, 4) is 0 Å². The second-order valence-electron chi connectivity index (χ2n) is 2.34. The van der Waals surface area contributed by atoms with E-state index in [0.29, 0.717) is 18.6 Å². The summed E-state index contributed by atoms with van der Waals surface area (Å²) in [5.74, 6) is 0.635. The third-order valence-corrected chi connectivity index (χ3v) is 3.18. The molecule has 0 bridgehead atoms.